The van der Waals surface area contributed by atoms with E-state index in [0.29, 0.717) is 16.5 Å². The fraction of sp³-hybridized carbons (Fsp3) is 0.312. The number of furan rings is 1. The smallest absolute Gasteiger partial charge is 0.348 e. The first kappa shape index (κ1) is 15.5. The number of ether oxygens (including phenoxy) is 1. The second-order valence-electron chi connectivity index (χ2n) is 5.23. The number of fused-ring (bicyclic) bond motifs is 1. The zero-order chi connectivity index (χ0) is 16.6. The topological polar surface area (TPSA) is 77.2 Å². The number of aromatic nitrogens is 2. The molecule has 7 heteroatoms. The van der Waals surface area contributed by atoms with Gasteiger partial charge < -0.3 is 14.5 Å². The summed E-state index contributed by atoms with van der Waals surface area (Å²) in [5, 5.41) is 4.20. The molecule has 3 heterocycles. The molecule has 3 aromatic rings. The van der Waals surface area contributed by atoms with Crippen LogP contribution in [0.1, 0.15) is 39.8 Å². The quantitative estimate of drug-likeness (QED) is 0.732. The Morgan fingerprint density at radius 2 is 2.17 bits per heavy atom. The first-order valence-corrected chi connectivity index (χ1v) is 7.99. The molecule has 0 amide bonds. The molecular formula is C16H17N3O3S. The number of nitrogens with zero attached hydrogens (tertiary/aromatic N) is 2. The highest BCUT2D eigenvalue weighted by Gasteiger charge is 2.21. The lowest BCUT2D eigenvalue weighted by molar-refractivity contribution is 0.0605. The SMILES string of the molecule is COC(=O)c1sc2nc(C)nc(NC(C)c3ccco3)c2c1C. The Morgan fingerprint density at radius 3 is 2.83 bits per heavy atom. The predicted octanol–water partition coefficient (Wildman–Crippen LogP) is 3.86. The van der Waals surface area contributed by atoms with E-state index in [1.807, 2.05) is 32.9 Å². The standard InChI is InChI=1S/C16H17N3O3S/c1-8-12-14(17-9(2)11-6-5-7-22-11)18-10(3)19-15(12)23-13(8)16(20)21-4/h5-7,9H,1-4H3,(H,17,18,19). The van der Waals surface area contributed by atoms with E-state index in [0.717, 1.165) is 21.5 Å². The lowest BCUT2D eigenvalue weighted by Crippen LogP contribution is -2.09. The molecule has 0 bridgehead atoms. The Morgan fingerprint density at radius 1 is 1.39 bits per heavy atom. The molecule has 6 nitrogen and oxygen atoms in total. The van der Waals surface area contributed by atoms with Crippen LogP contribution in [0.5, 0.6) is 0 Å². The van der Waals surface area contributed by atoms with Gasteiger partial charge in [0.05, 0.1) is 24.8 Å². The number of aryl methyl sites for hydroxylation is 2. The summed E-state index contributed by atoms with van der Waals surface area (Å²) in [5.74, 6) is 1.80. The molecule has 1 unspecified atom stereocenters. The van der Waals surface area contributed by atoms with Gasteiger partial charge in [0.25, 0.3) is 0 Å². The number of carbonyl (C=O) groups is 1. The minimum atomic E-state index is -0.354. The number of esters is 1. The molecule has 0 saturated heterocycles. The van der Waals surface area contributed by atoms with Gasteiger partial charge in [0.1, 0.15) is 27.1 Å². The summed E-state index contributed by atoms with van der Waals surface area (Å²) in [6.07, 6.45) is 1.64. The van der Waals surface area contributed by atoms with Crippen LogP contribution in [0.2, 0.25) is 0 Å². The Bertz CT molecular complexity index is 855. The van der Waals surface area contributed by atoms with Crippen molar-refractivity contribution < 1.29 is 13.9 Å². The van der Waals surface area contributed by atoms with E-state index in [-0.39, 0.29) is 12.0 Å². The van der Waals surface area contributed by atoms with Crippen LogP contribution in [0.25, 0.3) is 10.2 Å². The van der Waals surface area contributed by atoms with Gasteiger partial charge in [0.2, 0.25) is 0 Å². The van der Waals surface area contributed by atoms with E-state index in [9.17, 15) is 4.79 Å². The fourth-order valence-corrected chi connectivity index (χ4v) is 3.60. The van der Waals surface area contributed by atoms with Crippen LogP contribution in [0.3, 0.4) is 0 Å². The van der Waals surface area contributed by atoms with Crippen LogP contribution >= 0.6 is 11.3 Å². The molecule has 0 aliphatic rings. The van der Waals surface area contributed by atoms with E-state index in [4.69, 9.17) is 9.15 Å². The molecule has 0 aliphatic heterocycles. The van der Waals surface area contributed by atoms with Crippen molar-refractivity contribution >= 4 is 33.3 Å². The average Bonchev–Trinajstić information content (AvgIpc) is 3.14. The Labute approximate surface area is 137 Å². The van der Waals surface area contributed by atoms with Crippen molar-refractivity contribution in [2.24, 2.45) is 0 Å². The minimum Gasteiger partial charge on any atom is -0.467 e. The van der Waals surface area contributed by atoms with E-state index in [1.165, 1.54) is 18.4 Å². The number of anilines is 1. The van der Waals surface area contributed by atoms with Crippen LogP contribution in [0.4, 0.5) is 5.82 Å². The maximum Gasteiger partial charge on any atom is 0.348 e. The maximum absolute atomic E-state index is 11.9. The van der Waals surface area contributed by atoms with Gasteiger partial charge in [-0.2, -0.15) is 0 Å². The van der Waals surface area contributed by atoms with Gasteiger partial charge in [-0.15, -0.1) is 11.3 Å². The summed E-state index contributed by atoms with van der Waals surface area (Å²) in [6, 6.07) is 3.70. The van der Waals surface area contributed by atoms with Crippen molar-refractivity contribution in [2.75, 3.05) is 12.4 Å². The Balaban J connectivity index is 2.09. The van der Waals surface area contributed by atoms with Crippen molar-refractivity contribution in [2.45, 2.75) is 26.8 Å². The van der Waals surface area contributed by atoms with Crippen LogP contribution in [-0.4, -0.2) is 23.0 Å². The van der Waals surface area contributed by atoms with Crippen molar-refractivity contribution in [3.05, 3.63) is 40.4 Å². The van der Waals surface area contributed by atoms with Crippen LogP contribution in [0.15, 0.2) is 22.8 Å². The van der Waals surface area contributed by atoms with Gasteiger partial charge >= 0.3 is 5.97 Å². The van der Waals surface area contributed by atoms with Gasteiger partial charge in [-0.3, -0.25) is 0 Å². The number of thiophene rings is 1. The molecule has 0 fully saturated rings. The molecule has 1 atom stereocenters. The third-order valence-corrected chi connectivity index (χ3v) is 4.76. The molecule has 0 spiro atoms. The summed E-state index contributed by atoms with van der Waals surface area (Å²) in [7, 11) is 1.38. The molecule has 1 N–H and O–H groups in total. The number of hydrogen-bond acceptors (Lipinski definition) is 7. The fourth-order valence-electron chi connectivity index (χ4n) is 2.45. The van der Waals surface area contributed by atoms with Crippen molar-refractivity contribution in [3.8, 4) is 0 Å². The van der Waals surface area contributed by atoms with Crippen LogP contribution in [-0.2, 0) is 4.74 Å². The Kier molecular flexibility index (Phi) is 4.04. The van der Waals surface area contributed by atoms with Gasteiger partial charge in [0, 0.05) is 0 Å². The van der Waals surface area contributed by atoms with E-state index in [2.05, 4.69) is 15.3 Å². The predicted molar refractivity (Wildman–Crippen MR) is 89.0 cm³/mol. The summed E-state index contributed by atoms with van der Waals surface area (Å²) >= 11 is 1.32. The third-order valence-electron chi connectivity index (χ3n) is 3.60. The molecule has 23 heavy (non-hydrogen) atoms. The largest absolute Gasteiger partial charge is 0.467 e. The molecular weight excluding hydrogens is 314 g/mol. The highest BCUT2D eigenvalue weighted by molar-refractivity contribution is 7.20. The molecule has 0 aromatic carbocycles. The summed E-state index contributed by atoms with van der Waals surface area (Å²) < 4.78 is 10.3. The zero-order valence-electron chi connectivity index (χ0n) is 13.3. The van der Waals surface area contributed by atoms with Gasteiger partial charge in [-0.05, 0) is 38.5 Å². The molecule has 0 radical (unpaired) electrons. The second kappa shape index (κ2) is 6.00. The van der Waals surface area contributed by atoms with Gasteiger partial charge in [0.15, 0.2) is 0 Å². The van der Waals surface area contributed by atoms with Crippen LogP contribution in [0, 0.1) is 13.8 Å². The number of hydrogen-bond donors (Lipinski definition) is 1. The van der Waals surface area contributed by atoms with E-state index in [1.54, 1.807) is 6.26 Å². The summed E-state index contributed by atoms with van der Waals surface area (Å²) in [6.45, 7) is 5.70. The van der Waals surface area contributed by atoms with E-state index < -0.39 is 0 Å². The van der Waals surface area contributed by atoms with Crippen molar-refractivity contribution in [1.29, 1.82) is 0 Å². The summed E-state index contributed by atoms with van der Waals surface area (Å²) in [4.78, 5) is 22.2. The third kappa shape index (κ3) is 2.79. The second-order valence-corrected chi connectivity index (χ2v) is 6.23. The van der Waals surface area contributed by atoms with E-state index >= 15 is 0 Å². The van der Waals surface area contributed by atoms with Crippen molar-refractivity contribution in [1.82, 2.24) is 9.97 Å². The minimum absolute atomic E-state index is 0.0524. The lowest BCUT2D eigenvalue weighted by atomic mass is 10.2. The zero-order valence-corrected chi connectivity index (χ0v) is 14.2. The lowest BCUT2D eigenvalue weighted by Gasteiger charge is -2.13. The van der Waals surface area contributed by atoms with Gasteiger partial charge in [-0.1, -0.05) is 0 Å². The molecule has 3 rings (SSSR count). The summed E-state index contributed by atoms with van der Waals surface area (Å²) in [5.41, 5.74) is 0.825. The number of carbonyl (C=O) groups excluding carboxylic acids is 1. The molecule has 0 aliphatic carbocycles. The maximum atomic E-state index is 11.9. The first-order valence-electron chi connectivity index (χ1n) is 7.17. The van der Waals surface area contributed by atoms with Gasteiger partial charge in [-0.25, -0.2) is 14.8 Å². The first-order chi connectivity index (χ1) is 11.0. The molecule has 3 aromatic heterocycles. The van der Waals surface area contributed by atoms with Crippen LogP contribution < -0.4 is 5.32 Å². The highest BCUT2D eigenvalue weighted by atomic mass is 32.1. The number of rotatable bonds is 4. The highest BCUT2D eigenvalue weighted by Crippen LogP contribution is 2.35. The monoisotopic (exact) mass is 331 g/mol. The molecule has 0 saturated carbocycles. The molecule has 120 valence electrons. The normalized spacial score (nSPS) is 12.3. The number of methoxy groups -OCH3 is 1. The van der Waals surface area contributed by atoms with Crippen molar-refractivity contribution in [3.63, 3.8) is 0 Å². The Hall–Kier alpha value is -2.41. The number of nitrogens with one attached hydrogen (secondary N) is 1. The average molecular weight is 331 g/mol.